The van der Waals surface area contributed by atoms with E-state index in [2.05, 4.69) is 15.0 Å². The summed E-state index contributed by atoms with van der Waals surface area (Å²) in [6.45, 7) is 0.791. The zero-order valence-corrected chi connectivity index (χ0v) is 13.6. The molecule has 1 spiro atoms. The van der Waals surface area contributed by atoms with Gasteiger partial charge in [-0.25, -0.2) is 4.98 Å². The summed E-state index contributed by atoms with van der Waals surface area (Å²) in [7, 11) is 0. The lowest BCUT2D eigenvalue weighted by Gasteiger charge is -2.37. The molecule has 1 fully saturated rings. The van der Waals surface area contributed by atoms with Crippen LogP contribution in [-0.2, 0) is 16.2 Å². The Bertz CT molecular complexity index is 620. The fraction of sp³-hybridized carbons (Fsp3) is 0.643. The van der Waals surface area contributed by atoms with Crippen molar-refractivity contribution in [2.75, 3.05) is 19.6 Å². The number of halogens is 3. The smallest absolute Gasteiger partial charge is 0.387 e. The number of carbonyl (C=O) groups excluding carboxylic acids is 1. The third kappa shape index (κ3) is 4.23. The highest BCUT2D eigenvalue weighted by molar-refractivity contribution is 7.09. The second-order valence-corrected chi connectivity index (χ2v) is 7.01. The van der Waals surface area contributed by atoms with E-state index in [-0.39, 0.29) is 12.1 Å². The van der Waals surface area contributed by atoms with Gasteiger partial charge in [-0.3, -0.25) is 9.69 Å². The van der Waals surface area contributed by atoms with Gasteiger partial charge < -0.3 is 10.2 Å². The van der Waals surface area contributed by atoms with Crippen LogP contribution in [0.15, 0.2) is 16.7 Å². The molecule has 0 bridgehead atoms. The van der Waals surface area contributed by atoms with E-state index in [4.69, 9.17) is 4.84 Å². The van der Waals surface area contributed by atoms with Crippen LogP contribution in [0.1, 0.15) is 24.3 Å². The molecule has 1 saturated heterocycles. The number of hydrogen-bond donors (Lipinski definition) is 1. The highest BCUT2D eigenvalue weighted by Crippen LogP contribution is 2.34. The van der Waals surface area contributed by atoms with Crippen molar-refractivity contribution in [2.24, 2.45) is 5.16 Å². The maximum atomic E-state index is 12.2. The van der Waals surface area contributed by atoms with Crippen LogP contribution >= 0.6 is 11.3 Å². The molecule has 2 aliphatic rings. The zero-order chi connectivity index (χ0) is 17.2. The van der Waals surface area contributed by atoms with Gasteiger partial charge in [-0.05, 0) is 19.4 Å². The van der Waals surface area contributed by atoms with Gasteiger partial charge in [0, 0.05) is 24.5 Å². The van der Waals surface area contributed by atoms with Crippen LogP contribution in [0, 0.1) is 0 Å². The lowest BCUT2D eigenvalue weighted by atomic mass is 9.88. The molecule has 0 radical (unpaired) electrons. The van der Waals surface area contributed by atoms with Crippen LogP contribution < -0.4 is 5.32 Å². The Morgan fingerprint density at radius 1 is 1.50 bits per heavy atom. The largest absolute Gasteiger partial charge is 0.405 e. The molecule has 1 amide bonds. The Morgan fingerprint density at radius 2 is 2.33 bits per heavy atom. The van der Waals surface area contributed by atoms with E-state index in [9.17, 15) is 18.0 Å². The Labute approximate surface area is 140 Å². The number of alkyl halides is 3. The number of rotatable bonds is 4. The monoisotopic (exact) mass is 362 g/mol. The molecule has 1 atom stereocenters. The van der Waals surface area contributed by atoms with Crippen LogP contribution in [0.4, 0.5) is 13.2 Å². The Kier molecular flexibility index (Phi) is 4.77. The number of oxime groups is 1. The fourth-order valence-electron chi connectivity index (χ4n) is 2.99. The van der Waals surface area contributed by atoms with Gasteiger partial charge >= 0.3 is 6.18 Å². The van der Waals surface area contributed by atoms with Gasteiger partial charge in [0.05, 0.1) is 6.54 Å². The maximum Gasteiger partial charge on any atom is 0.405 e. The SMILES string of the molecule is O=C(NCC(F)(F)F)C1=NO[C@]2(CCCN(Cc3nccs3)C2)C1. The quantitative estimate of drug-likeness (QED) is 0.889. The van der Waals surface area contributed by atoms with Crippen molar-refractivity contribution in [3.05, 3.63) is 16.6 Å². The lowest BCUT2D eigenvalue weighted by molar-refractivity contribution is -0.134. The van der Waals surface area contributed by atoms with E-state index in [1.807, 2.05) is 10.7 Å². The van der Waals surface area contributed by atoms with Gasteiger partial charge in [0.1, 0.15) is 17.3 Å². The second-order valence-electron chi connectivity index (χ2n) is 6.03. The van der Waals surface area contributed by atoms with Crippen molar-refractivity contribution >= 4 is 23.0 Å². The Hall–Kier alpha value is -1.68. The van der Waals surface area contributed by atoms with Crippen LogP contribution in [0.3, 0.4) is 0 Å². The Balaban J connectivity index is 1.55. The molecular formula is C14H17F3N4O2S. The lowest BCUT2D eigenvalue weighted by Crippen LogP contribution is -2.48. The summed E-state index contributed by atoms with van der Waals surface area (Å²) in [6.07, 6.45) is -0.870. The topological polar surface area (TPSA) is 66.8 Å². The number of likely N-dealkylation sites (tertiary alicyclic amines) is 1. The highest BCUT2D eigenvalue weighted by atomic mass is 32.1. The predicted octanol–water partition coefficient (Wildman–Crippen LogP) is 1.93. The second kappa shape index (κ2) is 6.67. The third-order valence-electron chi connectivity index (χ3n) is 4.01. The van der Waals surface area contributed by atoms with Crippen LogP contribution in [0.2, 0.25) is 0 Å². The summed E-state index contributed by atoms with van der Waals surface area (Å²) >= 11 is 1.57. The van der Waals surface area contributed by atoms with Crippen LogP contribution in [0.5, 0.6) is 0 Å². The van der Waals surface area contributed by atoms with Gasteiger partial charge in [-0.15, -0.1) is 11.3 Å². The molecule has 132 valence electrons. The van der Waals surface area contributed by atoms with E-state index >= 15 is 0 Å². The number of nitrogens with zero attached hydrogens (tertiary/aromatic N) is 3. The molecule has 10 heteroatoms. The van der Waals surface area contributed by atoms with Gasteiger partial charge in [-0.2, -0.15) is 13.2 Å². The third-order valence-corrected chi connectivity index (χ3v) is 4.78. The van der Waals surface area contributed by atoms with Crippen molar-refractivity contribution < 1.29 is 22.8 Å². The van der Waals surface area contributed by atoms with E-state index in [1.54, 1.807) is 17.5 Å². The van der Waals surface area contributed by atoms with Crippen LogP contribution in [0.25, 0.3) is 0 Å². The molecular weight excluding hydrogens is 345 g/mol. The number of amides is 1. The van der Waals surface area contributed by atoms with Crippen molar-refractivity contribution in [1.29, 1.82) is 0 Å². The average Bonchev–Trinajstić information content (AvgIpc) is 3.15. The maximum absolute atomic E-state index is 12.2. The summed E-state index contributed by atoms with van der Waals surface area (Å²) in [4.78, 5) is 23.7. The van der Waals surface area contributed by atoms with E-state index in [0.29, 0.717) is 13.1 Å². The standard InChI is InChI=1S/C14H17F3N4O2S/c15-14(16,17)8-19-12(22)10-6-13(23-20-10)2-1-4-21(9-13)7-11-18-3-5-24-11/h3,5H,1-2,4,6-9H2,(H,19,22)/t13-/m1/s1. The van der Waals surface area contributed by atoms with Crippen molar-refractivity contribution in [2.45, 2.75) is 37.6 Å². The van der Waals surface area contributed by atoms with Crippen LogP contribution in [-0.4, -0.2) is 52.9 Å². The van der Waals surface area contributed by atoms with Gasteiger partial charge in [0.2, 0.25) is 0 Å². The summed E-state index contributed by atoms with van der Waals surface area (Å²) in [6, 6.07) is 0. The van der Waals surface area contributed by atoms with E-state index in [1.165, 1.54) is 0 Å². The molecule has 1 N–H and O–H groups in total. The summed E-state index contributed by atoms with van der Waals surface area (Å²) in [5.41, 5.74) is -0.601. The van der Waals surface area contributed by atoms with E-state index in [0.717, 1.165) is 24.4 Å². The molecule has 1 aromatic rings. The number of aromatic nitrogens is 1. The first-order valence-corrected chi connectivity index (χ1v) is 8.44. The average molecular weight is 362 g/mol. The summed E-state index contributed by atoms with van der Waals surface area (Å²) in [5, 5.41) is 8.48. The van der Waals surface area contributed by atoms with Crippen molar-refractivity contribution in [1.82, 2.24) is 15.2 Å². The fourth-order valence-corrected chi connectivity index (χ4v) is 3.65. The van der Waals surface area contributed by atoms with E-state index < -0.39 is 24.2 Å². The normalized spacial score (nSPS) is 24.7. The first kappa shape index (κ1) is 17.2. The first-order chi connectivity index (χ1) is 11.4. The first-order valence-electron chi connectivity index (χ1n) is 7.56. The zero-order valence-electron chi connectivity index (χ0n) is 12.8. The van der Waals surface area contributed by atoms with Gasteiger partial charge in [0.25, 0.3) is 5.91 Å². The van der Waals surface area contributed by atoms with Crippen molar-refractivity contribution in [3.8, 4) is 0 Å². The van der Waals surface area contributed by atoms with Gasteiger partial charge in [-0.1, -0.05) is 5.16 Å². The summed E-state index contributed by atoms with van der Waals surface area (Å²) < 4.78 is 36.6. The Morgan fingerprint density at radius 3 is 3.04 bits per heavy atom. The minimum absolute atomic E-state index is 0.0235. The highest BCUT2D eigenvalue weighted by Gasteiger charge is 2.44. The molecule has 0 aliphatic carbocycles. The molecule has 3 rings (SSSR count). The number of piperidine rings is 1. The molecule has 0 aromatic carbocycles. The van der Waals surface area contributed by atoms with Crippen molar-refractivity contribution in [3.63, 3.8) is 0 Å². The number of thiazole rings is 1. The molecule has 1 aromatic heterocycles. The minimum Gasteiger partial charge on any atom is -0.387 e. The number of carbonyl (C=O) groups is 1. The minimum atomic E-state index is -4.44. The molecule has 24 heavy (non-hydrogen) atoms. The molecule has 0 saturated carbocycles. The molecule has 3 heterocycles. The number of hydrogen-bond acceptors (Lipinski definition) is 6. The number of nitrogens with one attached hydrogen (secondary N) is 1. The molecule has 2 aliphatic heterocycles. The molecule has 0 unspecified atom stereocenters. The summed E-state index contributed by atoms with van der Waals surface area (Å²) in [5.74, 6) is -0.818. The predicted molar refractivity (Wildman–Crippen MR) is 81.6 cm³/mol. The molecule has 6 nitrogen and oxygen atoms in total. The van der Waals surface area contributed by atoms with Gasteiger partial charge in [0.15, 0.2) is 5.60 Å².